The van der Waals surface area contributed by atoms with Crippen molar-refractivity contribution in [2.24, 2.45) is 0 Å². The fourth-order valence-corrected chi connectivity index (χ4v) is 4.67. The van der Waals surface area contributed by atoms with Crippen molar-refractivity contribution in [3.63, 3.8) is 0 Å². The molecule has 0 saturated heterocycles. The molecule has 4 rings (SSSR count). The van der Waals surface area contributed by atoms with E-state index in [4.69, 9.17) is 4.42 Å². The number of amides is 1. The van der Waals surface area contributed by atoms with Crippen molar-refractivity contribution >= 4 is 5.91 Å². The number of furan rings is 1. The van der Waals surface area contributed by atoms with Crippen molar-refractivity contribution < 1.29 is 22.4 Å². The average molecular weight is 485 g/mol. The van der Waals surface area contributed by atoms with Crippen LogP contribution < -0.4 is 5.32 Å². The SMILES string of the molecule is CC(NC(=O)c1ccc(CN(Cc2ccc(C(F)(F)F)cc2)C2CCCCC2)o1)c1ccccc1. The Morgan fingerprint density at radius 2 is 1.66 bits per heavy atom. The van der Waals surface area contributed by atoms with Gasteiger partial charge in [-0.2, -0.15) is 13.2 Å². The summed E-state index contributed by atoms with van der Waals surface area (Å²) in [6, 6.07) is 18.7. The Morgan fingerprint density at radius 1 is 0.971 bits per heavy atom. The summed E-state index contributed by atoms with van der Waals surface area (Å²) in [6.07, 6.45) is 1.22. The molecule has 0 bridgehead atoms. The van der Waals surface area contributed by atoms with Crippen LogP contribution in [0.2, 0.25) is 0 Å². The van der Waals surface area contributed by atoms with E-state index < -0.39 is 11.7 Å². The van der Waals surface area contributed by atoms with Crippen LogP contribution in [0.25, 0.3) is 0 Å². The van der Waals surface area contributed by atoms with Gasteiger partial charge in [0, 0.05) is 12.6 Å². The zero-order valence-electron chi connectivity index (χ0n) is 19.9. The van der Waals surface area contributed by atoms with Crippen molar-refractivity contribution in [3.8, 4) is 0 Å². The number of hydrogen-bond donors (Lipinski definition) is 1. The minimum absolute atomic E-state index is 0.157. The maximum atomic E-state index is 12.9. The van der Waals surface area contributed by atoms with Crippen molar-refractivity contribution in [3.05, 3.63) is 94.9 Å². The Labute approximate surface area is 204 Å². The van der Waals surface area contributed by atoms with Crippen molar-refractivity contribution in [1.29, 1.82) is 0 Å². The molecule has 1 atom stereocenters. The number of nitrogens with one attached hydrogen (secondary N) is 1. The first-order chi connectivity index (χ1) is 16.8. The predicted molar refractivity (Wildman–Crippen MR) is 129 cm³/mol. The highest BCUT2D eigenvalue weighted by Crippen LogP contribution is 2.30. The van der Waals surface area contributed by atoms with E-state index in [1.54, 1.807) is 18.2 Å². The van der Waals surface area contributed by atoms with Gasteiger partial charge in [-0.15, -0.1) is 0 Å². The molecular formula is C28H31F3N2O2. The molecule has 0 spiro atoms. The summed E-state index contributed by atoms with van der Waals surface area (Å²) < 4.78 is 44.7. The highest BCUT2D eigenvalue weighted by molar-refractivity contribution is 5.91. The fourth-order valence-electron chi connectivity index (χ4n) is 4.67. The number of halogens is 3. The molecule has 3 aromatic rings. The van der Waals surface area contributed by atoms with E-state index in [1.165, 1.54) is 6.42 Å². The van der Waals surface area contributed by atoms with Crippen LogP contribution in [-0.2, 0) is 19.3 Å². The van der Waals surface area contributed by atoms with Gasteiger partial charge in [0.15, 0.2) is 5.76 Å². The largest absolute Gasteiger partial charge is 0.455 e. The first-order valence-corrected chi connectivity index (χ1v) is 12.1. The first kappa shape index (κ1) is 25.0. The zero-order valence-corrected chi connectivity index (χ0v) is 19.9. The van der Waals surface area contributed by atoms with Gasteiger partial charge < -0.3 is 9.73 Å². The number of carbonyl (C=O) groups excluding carboxylic acids is 1. The van der Waals surface area contributed by atoms with Crippen LogP contribution in [0.5, 0.6) is 0 Å². The molecule has 1 heterocycles. The lowest BCUT2D eigenvalue weighted by Crippen LogP contribution is -2.35. The quantitative estimate of drug-likeness (QED) is 0.370. The Morgan fingerprint density at radius 3 is 2.31 bits per heavy atom. The molecule has 1 fully saturated rings. The third kappa shape index (κ3) is 6.75. The second-order valence-corrected chi connectivity index (χ2v) is 9.26. The van der Waals surface area contributed by atoms with Crippen LogP contribution in [0, 0.1) is 0 Å². The van der Waals surface area contributed by atoms with Gasteiger partial charge in [0.25, 0.3) is 5.91 Å². The molecule has 0 radical (unpaired) electrons. The lowest BCUT2D eigenvalue weighted by atomic mass is 9.93. The van der Waals surface area contributed by atoms with E-state index in [9.17, 15) is 18.0 Å². The summed E-state index contributed by atoms with van der Waals surface area (Å²) >= 11 is 0. The van der Waals surface area contributed by atoms with Crippen molar-refractivity contribution in [1.82, 2.24) is 10.2 Å². The van der Waals surface area contributed by atoms with E-state index in [2.05, 4.69) is 10.2 Å². The Hall–Kier alpha value is -3.06. The second kappa shape index (κ2) is 11.1. The third-order valence-electron chi connectivity index (χ3n) is 6.65. The van der Waals surface area contributed by atoms with Crippen LogP contribution in [0.15, 0.2) is 71.1 Å². The van der Waals surface area contributed by atoms with E-state index in [1.807, 2.05) is 43.3 Å². The lowest BCUT2D eigenvalue weighted by molar-refractivity contribution is -0.137. The van der Waals surface area contributed by atoms with Crippen molar-refractivity contribution in [2.75, 3.05) is 0 Å². The lowest BCUT2D eigenvalue weighted by Gasteiger charge is -2.34. The smallest absolute Gasteiger partial charge is 0.416 e. The number of hydrogen-bond acceptors (Lipinski definition) is 3. The van der Waals surface area contributed by atoms with Gasteiger partial charge in [0.1, 0.15) is 5.76 Å². The molecule has 1 aliphatic carbocycles. The summed E-state index contributed by atoms with van der Waals surface area (Å²) in [6.45, 7) is 2.94. The molecule has 4 nitrogen and oxygen atoms in total. The number of alkyl halides is 3. The van der Waals surface area contributed by atoms with Gasteiger partial charge in [-0.1, -0.05) is 61.7 Å². The summed E-state index contributed by atoms with van der Waals surface area (Å²) in [7, 11) is 0. The molecule has 35 heavy (non-hydrogen) atoms. The van der Waals surface area contributed by atoms with E-state index in [0.29, 0.717) is 24.9 Å². The molecule has 7 heteroatoms. The molecule has 1 aliphatic rings. The summed E-state index contributed by atoms with van der Waals surface area (Å²) in [5.41, 5.74) is 1.19. The minimum atomic E-state index is -4.34. The Kier molecular flexibility index (Phi) is 7.96. The van der Waals surface area contributed by atoms with E-state index in [-0.39, 0.29) is 17.7 Å². The van der Waals surface area contributed by atoms with Gasteiger partial charge in [0.05, 0.1) is 18.2 Å². The summed E-state index contributed by atoms with van der Waals surface area (Å²) in [5.74, 6) is 0.639. The second-order valence-electron chi connectivity index (χ2n) is 9.26. The summed E-state index contributed by atoms with van der Waals surface area (Å²) in [4.78, 5) is 15.0. The Balaban J connectivity index is 1.44. The molecular weight excluding hydrogens is 453 g/mol. The highest BCUT2D eigenvalue weighted by atomic mass is 19.4. The monoisotopic (exact) mass is 484 g/mol. The standard InChI is InChI=1S/C28H31F3N2O2/c1-20(22-8-4-2-5-9-22)32-27(34)26-17-16-25(35-26)19-33(24-10-6-3-7-11-24)18-21-12-14-23(15-13-21)28(29,30)31/h2,4-5,8-9,12-17,20,24H,3,6-7,10-11,18-19H2,1H3,(H,32,34). The van der Waals surface area contributed by atoms with Crippen molar-refractivity contribution in [2.45, 2.75) is 70.4 Å². The normalized spacial score (nSPS) is 15.8. The fraction of sp³-hybridized carbons (Fsp3) is 0.393. The molecule has 1 amide bonds. The van der Waals surface area contributed by atoms with Gasteiger partial charge in [-0.3, -0.25) is 9.69 Å². The molecule has 1 aromatic heterocycles. The number of benzene rings is 2. The van der Waals surface area contributed by atoms with Gasteiger partial charge in [-0.05, 0) is 55.2 Å². The van der Waals surface area contributed by atoms with Gasteiger partial charge in [-0.25, -0.2) is 0 Å². The molecule has 1 N–H and O–H groups in total. The molecule has 186 valence electrons. The molecule has 1 unspecified atom stereocenters. The van der Waals surface area contributed by atoms with Gasteiger partial charge >= 0.3 is 6.18 Å². The average Bonchev–Trinajstić information content (AvgIpc) is 3.33. The maximum absolute atomic E-state index is 12.9. The third-order valence-corrected chi connectivity index (χ3v) is 6.65. The minimum Gasteiger partial charge on any atom is -0.455 e. The highest BCUT2D eigenvalue weighted by Gasteiger charge is 2.30. The number of nitrogens with zero attached hydrogens (tertiary/aromatic N) is 1. The number of rotatable bonds is 8. The maximum Gasteiger partial charge on any atom is 0.416 e. The molecule has 1 saturated carbocycles. The topological polar surface area (TPSA) is 45.5 Å². The van der Waals surface area contributed by atoms with Crippen LogP contribution in [-0.4, -0.2) is 16.8 Å². The van der Waals surface area contributed by atoms with Gasteiger partial charge in [0.2, 0.25) is 0 Å². The van der Waals surface area contributed by atoms with Crippen LogP contribution in [0.1, 0.15) is 78.1 Å². The van der Waals surface area contributed by atoms with Crippen LogP contribution >= 0.6 is 0 Å². The Bertz CT molecular complexity index is 1090. The van der Waals surface area contributed by atoms with Crippen LogP contribution in [0.3, 0.4) is 0 Å². The predicted octanol–water partition coefficient (Wildman–Crippen LogP) is 7.12. The molecule has 2 aromatic carbocycles. The zero-order chi connectivity index (χ0) is 24.8. The number of carbonyl (C=O) groups is 1. The first-order valence-electron chi connectivity index (χ1n) is 12.1. The molecule has 0 aliphatic heterocycles. The van der Waals surface area contributed by atoms with E-state index in [0.717, 1.165) is 48.9 Å². The van der Waals surface area contributed by atoms with E-state index >= 15 is 0 Å². The van der Waals surface area contributed by atoms with Crippen LogP contribution in [0.4, 0.5) is 13.2 Å². The summed E-state index contributed by atoms with van der Waals surface area (Å²) in [5, 5.41) is 2.96.